The number of hydrogen-bond donors (Lipinski definition) is 1. The van der Waals surface area contributed by atoms with Gasteiger partial charge in [0.2, 0.25) is 11.8 Å². The lowest BCUT2D eigenvalue weighted by molar-refractivity contribution is -0.122. The molecule has 1 fully saturated rings. The molecule has 6 nitrogen and oxygen atoms in total. The molecule has 6 rings (SSSR count). The first-order valence-electron chi connectivity index (χ1n) is 11.7. The highest BCUT2D eigenvalue weighted by molar-refractivity contribution is 9.10. The van der Waals surface area contributed by atoms with E-state index in [1.165, 1.54) is 16.7 Å². The molecular formula is C28H21BrN2O4S2. The summed E-state index contributed by atoms with van der Waals surface area (Å²) in [5.74, 6) is -1.11. The number of rotatable bonds is 5. The summed E-state index contributed by atoms with van der Waals surface area (Å²) < 4.78 is 7.16. The van der Waals surface area contributed by atoms with Gasteiger partial charge in [0.15, 0.2) is 0 Å². The molecule has 1 N–H and O–H groups in total. The Hall–Kier alpha value is -3.14. The Morgan fingerprint density at radius 2 is 1.73 bits per heavy atom. The van der Waals surface area contributed by atoms with Crippen LogP contribution in [-0.2, 0) is 16.2 Å². The van der Waals surface area contributed by atoms with E-state index in [9.17, 15) is 14.4 Å². The number of imide groups is 1. The van der Waals surface area contributed by atoms with E-state index in [1.54, 1.807) is 12.1 Å². The number of hydrogen-bond acceptors (Lipinski definition) is 6. The number of aryl methyl sites for hydroxylation is 1. The Morgan fingerprint density at radius 1 is 0.973 bits per heavy atom. The number of benzene rings is 3. The molecule has 0 unspecified atom stereocenters. The number of fused-ring (bicyclic) bond motifs is 2. The van der Waals surface area contributed by atoms with Gasteiger partial charge >= 0.3 is 4.87 Å². The number of aromatic nitrogens is 1. The van der Waals surface area contributed by atoms with Crippen LogP contribution < -0.4 is 14.5 Å². The number of halogens is 1. The van der Waals surface area contributed by atoms with E-state index in [2.05, 4.69) is 20.9 Å². The quantitative estimate of drug-likeness (QED) is 0.293. The molecule has 186 valence electrons. The molecule has 3 atom stereocenters. The summed E-state index contributed by atoms with van der Waals surface area (Å²) in [6.45, 7) is 2.39. The first-order chi connectivity index (χ1) is 17.9. The molecule has 4 aromatic rings. The molecule has 9 heteroatoms. The fraction of sp³-hybridized carbons (Fsp3) is 0.179. The lowest BCUT2D eigenvalue weighted by Crippen LogP contribution is -2.32. The summed E-state index contributed by atoms with van der Waals surface area (Å²) in [6, 6.07) is 22.7. The molecule has 0 bridgehead atoms. The molecule has 1 saturated heterocycles. The van der Waals surface area contributed by atoms with Crippen LogP contribution in [0.3, 0.4) is 0 Å². The van der Waals surface area contributed by atoms with Crippen LogP contribution in [0.15, 0.2) is 87.1 Å². The predicted molar refractivity (Wildman–Crippen MR) is 149 cm³/mol. The Labute approximate surface area is 229 Å². The molecule has 3 aromatic carbocycles. The second-order valence-electron chi connectivity index (χ2n) is 8.99. The Bertz CT molecular complexity index is 1580. The average molecular weight is 594 g/mol. The number of carbonyl (C=O) groups is 2. The van der Waals surface area contributed by atoms with Gasteiger partial charge < -0.3 is 9.72 Å². The van der Waals surface area contributed by atoms with Gasteiger partial charge in [-0.15, -0.1) is 0 Å². The van der Waals surface area contributed by atoms with Crippen molar-refractivity contribution in [2.24, 2.45) is 5.92 Å². The van der Waals surface area contributed by atoms with Crippen molar-refractivity contribution >= 4 is 56.5 Å². The van der Waals surface area contributed by atoms with E-state index in [0.29, 0.717) is 23.1 Å². The number of nitrogens with one attached hydrogen (secondary N) is 1. The molecule has 1 aromatic heterocycles. The molecule has 37 heavy (non-hydrogen) atoms. The SMILES string of the molecule is Cc1ccccc1COc1ccc(Br)cc1[C@@H]1c2sc(=O)[nH]c2S[C@H]2C(=O)N(c3ccccc3)C(=O)[C@@H]12. The van der Waals surface area contributed by atoms with Gasteiger partial charge in [0.25, 0.3) is 0 Å². The smallest absolute Gasteiger partial charge is 0.305 e. The minimum atomic E-state index is -0.674. The first kappa shape index (κ1) is 24.2. The van der Waals surface area contributed by atoms with Crippen molar-refractivity contribution < 1.29 is 14.3 Å². The zero-order valence-corrected chi connectivity index (χ0v) is 22.9. The van der Waals surface area contributed by atoms with Crippen LogP contribution in [0.1, 0.15) is 27.5 Å². The van der Waals surface area contributed by atoms with Crippen molar-refractivity contribution in [3.05, 3.63) is 109 Å². The summed E-state index contributed by atoms with van der Waals surface area (Å²) in [7, 11) is 0. The number of para-hydroxylation sites is 1. The first-order valence-corrected chi connectivity index (χ1v) is 14.2. The van der Waals surface area contributed by atoms with E-state index in [1.807, 2.05) is 67.6 Å². The number of anilines is 1. The molecule has 2 aliphatic heterocycles. The lowest BCUT2D eigenvalue weighted by Gasteiger charge is -2.31. The summed E-state index contributed by atoms with van der Waals surface area (Å²) in [5, 5.41) is -0.0132. The van der Waals surface area contributed by atoms with Crippen LogP contribution >= 0.6 is 39.0 Å². The molecule has 2 amide bonds. The highest BCUT2D eigenvalue weighted by atomic mass is 79.9. The number of thioether (sulfide) groups is 1. The summed E-state index contributed by atoms with van der Waals surface area (Å²) in [6.07, 6.45) is 0. The maximum Gasteiger partial charge on any atom is 0.305 e. The predicted octanol–water partition coefficient (Wildman–Crippen LogP) is 5.88. The van der Waals surface area contributed by atoms with Crippen LogP contribution in [-0.4, -0.2) is 22.0 Å². The van der Waals surface area contributed by atoms with Gasteiger partial charge in [-0.1, -0.05) is 81.5 Å². The molecule has 0 aliphatic carbocycles. The third-order valence-electron chi connectivity index (χ3n) is 6.79. The van der Waals surface area contributed by atoms with Crippen LogP contribution in [0.25, 0.3) is 0 Å². The number of H-pyrrole nitrogens is 1. The van der Waals surface area contributed by atoms with Gasteiger partial charge in [-0.25, -0.2) is 4.90 Å². The largest absolute Gasteiger partial charge is 0.489 e. The van der Waals surface area contributed by atoms with E-state index in [4.69, 9.17) is 4.74 Å². The fourth-order valence-corrected chi connectivity index (χ4v) is 7.89. The number of nitrogens with zero attached hydrogens (tertiary/aromatic N) is 1. The fourth-order valence-electron chi connectivity index (χ4n) is 5.01. The monoisotopic (exact) mass is 592 g/mol. The maximum atomic E-state index is 13.9. The van der Waals surface area contributed by atoms with Crippen molar-refractivity contribution in [2.75, 3.05) is 4.90 Å². The van der Waals surface area contributed by atoms with Crippen LogP contribution in [0, 0.1) is 12.8 Å². The van der Waals surface area contributed by atoms with Crippen molar-refractivity contribution in [1.29, 1.82) is 0 Å². The molecule has 0 spiro atoms. The number of amides is 2. The number of thiazole rings is 1. The standard InChI is InChI=1S/C28H21BrN2O4S2/c1-15-7-5-6-8-16(15)14-35-20-12-11-17(29)13-19(20)21-22-24(36-25-23(21)37-28(34)30-25)27(33)31(26(22)32)18-9-3-2-4-10-18/h2-13,21-22,24H,14H2,1H3,(H,30,34)/t21-,22-,24+/m0/s1. The molecule has 0 saturated carbocycles. The Kier molecular flexibility index (Phi) is 6.30. The van der Waals surface area contributed by atoms with E-state index >= 15 is 0 Å². The van der Waals surface area contributed by atoms with Crippen molar-refractivity contribution in [1.82, 2.24) is 4.98 Å². The van der Waals surface area contributed by atoms with Gasteiger partial charge in [-0.2, -0.15) is 0 Å². The van der Waals surface area contributed by atoms with Crippen molar-refractivity contribution in [2.45, 2.75) is 29.7 Å². The summed E-state index contributed by atoms with van der Waals surface area (Å²) in [4.78, 5) is 44.7. The number of ether oxygens (including phenoxy) is 1. The molecular weight excluding hydrogens is 572 g/mol. The minimum absolute atomic E-state index is 0.209. The van der Waals surface area contributed by atoms with Crippen molar-refractivity contribution in [3.8, 4) is 5.75 Å². The van der Waals surface area contributed by atoms with Gasteiger partial charge in [-0.05, 0) is 48.4 Å². The normalized spacial score (nSPS) is 20.6. The third kappa shape index (κ3) is 4.24. The Balaban J connectivity index is 1.46. The molecule has 3 heterocycles. The number of aromatic amines is 1. The zero-order chi connectivity index (χ0) is 25.7. The summed E-state index contributed by atoms with van der Waals surface area (Å²) in [5.41, 5.74) is 3.50. The maximum absolute atomic E-state index is 13.9. The van der Waals surface area contributed by atoms with Gasteiger partial charge in [0.1, 0.15) is 17.6 Å². The average Bonchev–Trinajstić information content (AvgIpc) is 3.39. The lowest BCUT2D eigenvalue weighted by atomic mass is 9.82. The van der Waals surface area contributed by atoms with Gasteiger partial charge in [0.05, 0.1) is 16.6 Å². The zero-order valence-electron chi connectivity index (χ0n) is 19.6. The van der Waals surface area contributed by atoms with Gasteiger partial charge in [0, 0.05) is 20.8 Å². The molecule has 0 radical (unpaired) electrons. The Morgan fingerprint density at radius 3 is 2.51 bits per heavy atom. The van der Waals surface area contributed by atoms with Crippen molar-refractivity contribution in [3.63, 3.8) is 0 Å². The van der Waals surface area contributed by atoms with E-state index in [0.717, 1.165) is 37.4 Å². The van der Waals surface area contributed by atoms with Crippen LogP contribution in [0.5, 0.6) is 5.75 Å². The summed E-state index contributed by atoms with van der Waals surface area (Å²) >= 11 is 5.93. The topological polar surface area (TPSA) is 79.5 Å². The van der Waals surface area contributed by atoms with E-state index < -0.39 is 17.1 Å². The van der Waals surface area contributed by atoms with Gasteiger partial charge in [-0.3, -0.25) is 14.4 Å². The molecule has 2 aliphatic rings. The highest BCUT2D eigenvalue weighted by Crippen LogP contribution is 2.54. The highest BCUT2D eigenvalue weighted by Gasteiger charge is 2.56. The second-order valence-corrected chi connectivity index (χ2v) is 12.1. The second kappa shape index (κ2) is 9.63. The minimum Gasteiger partial charge on any atom is -0.489 e. The third-order valence-corrected chi connectivity index (χ3v) is 9.68. The van der Waals surface area contributed by atoms with Crippen LogP contribution in [0.4, 0.5) is 5.69 Å². The van der Waals surface area contributed by atoms with Crippen LogP contribution in [0.2, 0.25) is 0 Å². The van der Waals surface area contributed by atoms with E-state index in [-0.39, 0.29) is 16.7 Å². The number of carbonyl (C=O) groups excluding carboxylic acids is 2.